The molecule has 0 bridgehead atoms. The number of aliphatic hydroxyl groups is 1. The maximum absolute atomic E-state index is 8.97. The van der Waals surface area contributed by atoms with Crippen molar-refractivity contribution < 1.29 is 9.84 Å². The predicted octanol–water partition coefficient (Wildman–Crippen LogP) is -0.00670. The van der Waals surface area contributed by atoms with Gasteiger partial charge in [0.05, 0.1) is 6.61 Å². The third-order valence-electron chi connectivity index (χ3n) is 2.17. The van der Waals surface area contributed by atoms with Gasteiger partial charge in [-0.15, -0.1) is 0 Å². The topological polar surface area (TPSA) is 41.5 Å². The molecule has 2 N–H and O–H groups in total. The lowest BCUT2D eigenvalue weighted by Crippen LogP contribution is -2.44. The first-order valence-corrected chi connectivity index (χ1v) is 4.30. The van der Waals surface area contributed by atoms with Crippen LogP contribution in [0.3, 0.4) is 0 Å². The molecule has 0 aromatic carbocycles. The zero-order valence-corrected chi connectivity index (χ0v) is 7.05. The molecule has 0 aromatic rings. The van der Waals surface area contributed by atoms with Crippen LogP contribution in [0.4, 0.5) is 0 Å². The molecule has 1 rings (SSSR count). The van der Waals surface area contributed by atoms with Gasteiger partial charge in [0.15, 0.2) is 0 Å². The number of aliphatic hydroxyl groups excluding tert-OH is 1. The average Bonchev–Trinajstić information content (AvgIpc) is 2.06. The van der Waals surface area contributed by atoms with Crippen LogP contribution in [0.25, 0.3) is 0 Å². The number of hydrogen-bond donors (Lipinski definition) is 2. The normalized spacial score (nSPS) is 32.2. The highest BCUT2D eigenvalue weighted by atomic mass is 16.5. The Kier molecular flexibility index (Phi) is 3.83. The van der Waals surface area contributed by atoms with Gasteiger partial charge < -0.3 is 15.2 Å². The second-order valence-corrected chi connectivity index (χ2v) is 2.97. The molecule has 0 saturated carbocycles. The lowest BCUT2D eigenvalue weighted by molar-refractivity contribution is 0.00883. The van der Waals surface area contributed by atoms with Crippen LogP contribution in [0.2, 0.25) is 0 Å². The average molecular weight is 159 g/mol. The summed E-state index contributed by atoms with van der Waals surface area (Å²) in [4.78, 5) is 0. The van der Waals surface area contributed by atoms with Crippen LogP contribution in [0, 0.1) is 5.92 Å². The van der Waals surface area contributed by atoms with Crippen molar-refractivity contribution in [2.24, 2.45) is 5.92 Å². The Balaban J connectivity index is 2.31. The third-order valence-corrected chi connectivity index (χ3v) is 2.17. The Bertz CT molecular complexity index is 106. The zero-order chi connectivity index (χ0) is 8.10. The van der Waals surface area contributed by atoms with Crippen LogP contribution in [0.5, 0.6) is 0 Å². The van der Waals surface area contributed by atoms with Crippen LogP contribution in [-0.4, -0.2) is 37.5 Å². The smallest absolute Gasteiger partial charge is 0.0531 e. The Morgan fingerprint density at radius 1 is 1.64 bits per heavy atom. The molecule has 3 heteroatoms. The molecule has 0 aliphatic carbocycles. The minimum Gasteiger partial charge on any atom is -0.396 e. The second kappa shape index (κ2) is 4.70. The molecule has 1 aliphatic rings. The fourth-order valence-corrected chi connectivity index (χ4v) is 1.51. The molecule has 11 heavy (non-hydrogen) atoms. The SMILES string of the molecule is CCNC1CCOCC1CO. The third kappa shape index (κ3) is 2.43. The zero-order valence-electron chi connectivity index (χ0n) is 7.05. The summed E-state index contributed by atoms with van der Waals surface area (Å²) in [6, 6.07) is 0.457. The van der Waals surface area contributed by atoms with Crippen LogP contribution in [0.1, 0.15) is 13.3 Å². The van der Waals surface area contributed by atoms with Crippen molar-refractivity contribution in [1.29, 1.82) is 0 Å². The van der Waals surface area contributed by atoms with E-state index in [4.69, 9.17) is 9.84 Å². The quantitative estimate of drug-likeness (QED) is 0.608. The van der Waals surface area contributed by atoms with Gasteiger partial charge >= 0.3 is 0 Å². The Morgan fingerprint density at radius 3 is 3.09 bits per heavy atom. The van der Waals surface area contributed by atoms with Gasteiger partial charge in [0, 0.05) is 25.2 Å². The van der Waals surface area contributed by atoms with Gasteiger partial charge in [-0.25, -0.2) is 0 Å². The monoisotopic (exact) mass is 159 g/mol. The first-order chi connectivity index (χ1) is 5.38. The molecular formula is C8H17NO2. The number of nitrogens with one attached hydrogen (secondary N) is 1. The first kappa shape index (κ1) is 8.97. The van der Waals surface area contributed by atoms with E-state index in [-0.39, 0.29) is 6.61 Å². The Hall–Kier alpha value is -0.120. The van der Waals surface area contributed by atoms with E-state index in [0.717, 1.165) is 19.6 Å². The highest BCUT2D eigenvalue weighted by molar-refractivity contribution is 4.78. The molecule has 66 valence electrons. The molecule has 0 amide bonds. The molecule has 0 radical (unpaired) electrons. The number of hydrogen-bond acceptors (Lipinski definition) is 3. The summed E-state index contributed by atoms with van der Waals surface area (Å²) < 4.78 is 5.25. The van der Waals surface area contributed by atoms with Gasteiger partial charge in [-0.05, 0) is 13.0 Å². The standard InChI is InChI=1S/C8H17NO2/c1-2-9-8-3-4-11-6-7(8)5-10/h7-10H,2-6H2,1H3. The van der Waals surface area contributed by atoms with Crippen molar-refractivity contribution in [3.8, 4) is 0 Å². The summed E-state index contributed by atoms with van der Waals surface area (Å²) >= 11 is 0. The Labute approximate surface area is 67.7 Å². The fourth-order valence-electron chi connectivity index (χ4n) is 1.51. The molecule has 2 atom stereocenters. The molecule has 1 heterocycles. The first-order valence-electron chi connectivity index (χ1n) is 4.30. The van der Waals surface area contributed by atoms with Crippen molar-refractivity contribution in [2.75, 3.05) is 26.4 Å². The van der Waals surface area contributed by atoms with Gasteiger partial charge in [0.1, 0.15) is 0 Å². The minimum atomic E-state index is 0.234. The molecule has 3 nitrogen and oxygen atoms in total. The highest BCUT2D eigenvalue weighted by Crippen LogP contribution is 2.13. The molecule has 1 aliphatic heterocycles. The molecule has 0 aromatic heterocycles. The van der Waals surface area contributed by atoms with Crippen molar-refractivity contribution in [1.82, 2.24) is 5.32 Å². The van der Waals surface area contributed by atoms with Crippen LogP contribution in [0.15, 0.2) is 0 Å². The van der Waals surface area contributed by atoms with Crippen molar-refractivity contribution in [2.45, 2.75) is 19.4 Å². The van der Waals surface area contributed by atoms with Gasteiger partial charge in [-0.2, -0.15) is 0 Å². The van der Waals surface area contributed by atoms with Crippen LogP contribution in [-0.2, 0) is 4.74 Å². The highest BCUT2D eigenvalue weighted by Gasteiger charge is 2.23. The lowest BCUT2D eigenvalue weighted by Gasteiger charge is -2.30. The van der Waals surface area contributed by atoms with Gasteiger partial charge in [-0.1, -0.05) is 6.92 Å². The fraction of sp³-hybridized carbons (Fsp3) is 1.00. The van der Waals surface area contributed by atoms with Crippen molar-refractivity contribution in [3.63, 3.8) is 0 Å². The minimum absolute atomic E-state index is 0.234. The predicted molar refractivity (Wildman–Crippen MR) is 43.5 cm³/mol. The van der Waals surface area contributed by atoms with Gasteiger partial charge in [0.2, 0.25) is 0 Å². The van der Waals surface area contributed by atoms with Crippen molar-refractivity contribution in [3.05, 3.63) is 0 Å². The summed E-state index contributed by atoms with van der Waals surface area (Å²) in [5, 5.41) is 12.3. The summed E-state index contributed by atoms with van der Waals surface area (Å²) in [5.41, 5.74) is 0. The summed E-state index contributed by atoms with van der Waals surface area (Å²) in [7, 11) is 0. The van der Waals surface area contributed by atoms with Crippen LogP contribution >= 0.6 is 0 Å². The van der Waals surface area contributed by atoms with E-state index < -0.39 is 0 Å². The maximum Gasteiger partial charge on any atom is 0.0531 e. The van der Waals surface area contributed by atoms with Gasteiger partial charge in [0.25, 0.3) is 0 Å². The largest absolute Gasteiger partial charge is 0.396 e. The maximum atomic E-state index is 8.97. The van der Waals surface area contributed by atoms with E-state index in [1.165, 1.54) is 0 Å². The van der Waals surface area contributed by atoms with E-state index in [2.05, 4.69) is 12.2 Å². The lowest BCUT2D eigenvalue weighted by atomic mass is 9.97. The van der Waals surface area contributed by atoms with E-state index in [0.29, 0.717) is 18.6 Å². The molecule has 1 fully saturated rings. The molecular weight excluding hydrogens is 142 g/mol. The molecule has 2 unspecified atom stereocenters. The van der Waals surface area contributed by atoms with Crippen LogP contribution < -0.4 is 5.32 Å². The van der Waals surface area contributed by atoms with Gasteiger partial charge in [-0.3, -0.25) is 0 Å². The summed E-state index contributed by atoms with van der Waals surface area (Å²) in [5.74, 6) is 0.295. The van der Waals surface area contributed by atoms with E-state index in [1.54, 1.807) is 0 Å². The molecule has 1 saturated heterocycles. The Morgan fingerprint density at radius 2 is 2.45 bits per heavy atom. The summed E-state index contributed by atoms with van der Waals surface area (Å²) in [6.45, 7) is 4.82. The number of rotatable bonds is 3. The van der Waals surface area contributed by atoms with E-state index >= 15 is 0 Å². The summed E-state index contributed by atoms with van der Waals surface area (Å²) in [6.07, 6.45) is 1.03. The van der Waals surface area contributed by atoms with E-state index in [9.17, 15) is 0 Å². The second-order valence-electron chi connectivity index (χ2n) is 2.97. The van der Waals surface area contributed by atoms with Crippen molar-refractivity contribution >= 4 is 0 Å². The molecule has 0 spiro atoms. The number of ether oxygens (including phenoxy) is 1. The van der Waals surface area contributed by atoms with E-state index in [1.807, 2.05) is 0 Å².